The van der Waals surface area contributed by atoms with Gasteiger partial charge in [-0.25, -0.2) is 4.79 Å². The van der Waals surface area contributed by atoms with Crippen LogP contribution in [-0.2, 0) is 9.47 Å². The molecule has 2 unspecified atom stereocenters. The van der Waals surface area contributed by atoms with Crippen LogP contribution in [0.3, 0.4) is 0 Å². The summed E-state index contributed by atoms with van der Waals surface area (Å²) >= 11 is 0. The van der Waals surface area contributed by atoms with Gasteiger partial charge in [0, 0.05) is 31.6 Å². The van der Waals surface area contributed by atoms with E-state index in [4.69, 9.17) is 9.47 Å². The Morgan fingerprint density at radius 3 is 2.92 bits per heavy atom. The number of carbonyl (C=O) groups is 1. The van der Waals surface area contributed by atoms with Gasteiger partial charge in [-0.1, -0.05) is 12.2 Å². The maximum Gasteiger partial charge on any atom is 0.412 e. The van der Waals surface area contributed by atoms with Crippen LogP contribution in [0.4, 0.5) is 4.79 Å². The number of carbonyl (C=O) groups excluding carboxylic acids is 1. The molecule has 0 bridgehead atoms. The summed E-state index contributed by atoms with van der Waals surface area (Å²) in [4.78, 5) is 14.0. The number of nitrogens with zero attached hydrogens (tertiary/aromatic N) is 1. The summed E-state index contributed by atoms with van der Waals surface area (Å²) in [6, 6.07) is 0.664. The Balaban J connectivity index is 1.91. The average Bonchev–Trinajstić information content (AvgIpc) is 2.60. The topological polar surface area (TPSA) is 62.8 Å². The molecule has 0 radical (unpaired) electrons. The van der Waals surface area contributed by atoms with Crippen molar-refractivity contribution in [3.05, 3.63) is 46.5 Å². The molecule has 1 amide bonds. The van der Waals surface area contributed by atoms with Crippen molar-refractivity contribution >= 4 is 6.09 Å². The van der Waals surface area contributed by atoms with Crippen LogP contribution in [0.1, 0.15) is 19.8 Å². The van der Waals surface area contributed by atoms with Crippen molar-refractivity contribution in [2.75, 3.05) is 34.3 Å². The van der Waals surface area contributed by atoms with Crippen molar-refractivity contribution in [3.63, 3.8) is 0 Å². The van der Waals surface area contributed by atoms with E-state index in [9.17, 15) is 4.79 Å². The molecule has 6 heteroatoms. The molecule has 0 fully saturated rings. The van der Waals surface area contributed by atoms with E-state index in [-0.39, 0.29) is 0 Å². The van der Waals surface area contributed by atoms with Crippen LogP contribution in [-0.4, -0.2) is 57.4 Å². The summed E-state index contributed by atoms with van der Waals surface area (Å²) in [6.07, 6.45) is 7.61. The highest BCUT2D eigenvalue weighted by atomic mass is 16.6. The number of methoxy groups -OCH3 is 1. The molecule has 0 saturated carbocycles. The third-order valence-electron chi connectivity index (χ3n) is 4.96. The normalized spacial score (nSPS) is 25.4. The Hall–Kier alpha value is -2.05. The Bertz CT molecular complexity index is 673. The molecule has 0 aromatic heterocycles. The van der Waals surface area contributed by atoms with Crippen LogP contribution < -0.4 is 10.6 Å². The van der Waals surface area contributed by atoms with Crippen LogP contribution in [0.2, 0.25) is 0 Å². The summed E-state index contributed by atoms with van der Waals surface area (Å²) < 4.78 is 11.0. The first-order valence-electron chi connectivity index (χ1n) is 8.77. The molecule has 0 spiro atoms. The van der Waals surface area contributed by atoms with Gasteiger partial charge in [-0.2, -0.15) is 0 Å². The molecule has 3 rings (SSSR count). The number of allylic oxidation sites excluding steroid dienone is 3. The van der Waals surface area contributed by atoms with E-state index >= 15 is 0 Å². The van der Waals surface area contributed by atoms with Gasteiger partial charge in [-0.3, -0.25) is 0 Å². The van der Waals surface area contributed by atoms with Gasteiger partial charge in [0.2, 0.25) is 0 Å². The molecule has 1 heterocycles. The molecule has 0 aromatic rings. The minimum absolute atomic E-state index is 0.316. The predicted molar refractivity (Wildman–Crippen MR) is 96.9 cm³/mol. The van der Waals surface area contributed by atoms with Crippen molar-refractivity contribution in [2.24, 2.45) is 0 Å². The molecule has 1 aliphatic heterocycles. The van der Waals surface area contributed by atoms with Gasteiger partial charge in [0.15, 0.2) is 5.76 Å². The van der Waals surface area contributed by atoms with Gasteiger partial charge in [0.25, 0.3) is 0 Å². The maximum atomic E-state index is 11.8. The fourth-order valence-electron chi connectivity index (χ4n) is 3.73. The number of rotatable bonds is 4. The number of hydrogen-bond donors (Lipinski definition) is 2. The van der Waals surface area contributed by atoms with E-state index in [0.717, 1.165) is 13.0 Å². The number of nitrogens with one attached hydrogen (secondary N) is 2. The second-order valence-corrected chi connectivity index (χ2v) is 6.71. The predicted octanol–water partition coefficient (Wildman–Crippen LogP) is 2.08. The van der Waals surface area contributed by atoms with Crippen molar-refractivity contribution in [1.82, 2.24) is 15.5 Å². The van der Waals surface area contributed by atoms with E-state index in [2.05, 4.69) is 41.8 Å². The van der Waals surface area contributed by atoms with Crippen LogP contribution >= 0.6 is 0 Å². The summed E-state index contributed by atoms with van der Waals surface area (Å²) in [5.74, 6) is 1.21. The Labute approximate surface area is 149 Å². The van der Waals surface area contributed by atoms with Gasteiger partial charge in [0.05, 0.1) is 7.11 Å². The van der Waals surface area contributed by atoms with E-state index in [1.54, 1.807) is 7.11 Å². The van der Waals surface area contributed by atoms with E-state index in [1.807, 2.05) is 13.0 Å². The molecular weight excluding hydrogens is 318 g/mol. The Morgan fingerprint density at radius 1 is 1.44 bits per heavy atom. The highest BCUT2D eigenvalue weighted by Crippen LogP contribution is 2.38. The molecule has 6 nitrogen and oxygen atoms in total. The van der Waals surface area contributed by atoms with Crippen LogP contribution in [0.5, 0.6) is 0 Å². The first-order chi connectivity index (χ1) is 12.0. The summed E-state index contributed by atoms with van der Waals surface area (Å²) in [5, 5.41) is 6.30. The van der Waals surface area contributed by atoms with Crippen LogP contribution in [0.25, 0.3) is 0 Å². The fraction of sp³-hybridized carbons (Fsp3) is 0.526. The number of ether oxygens (including phenoxy) is 2. The number of alkyl carbamates (subject to hydrolysis) is 1. The lowest BCUT2D eigenvalue weighted by molar-refractivity contribution is 0.168. The molecule has 136 valence electrons. The zero-order valence-corrected chi connectivity index (χ0v) is 15.4. The molecule has 2 atom stereocenters. The molecule has 0 aromatic carbocycles. The lowest BCUT2D eigenvalue weighted by atomic mass is 9.79. The van der Waals surface area contributed by atoms with Crippen LogP contribution in [0.15, 0.2) is 46.5 Å². The number of amides is 1. The molecule has 2 N–H and O–H groups in total. The zero-order chi connectivity index (χ0) is 18.0. The highest BCUT2D eigenvalue weighted by molar-refractivity contribution is 5.69. The summed E-state index contributed by atoms with van der Waals surface area (Å²) in [6.45, 7) is 3.15. The number of likely N-dealkylation sites (N-methyl/N-ethyl adjacent to an activating group) is 1. The molecule has 25 heavy (non-hydrogen) atoms. The molecule has 3 aliphatic rings. The lowest BCUT2D eigenvalue weighted by Crippen LogP contribution is -2.52. The SMILES string of the molecule is CCNC(=O)OC1=C(OC)CC2=C3CC=CC(N(C)C)C3NCC2=C1. The van der Waals surface area contributed by atoms with Crippen molar-refractivity contribution in [3.8, 4) is 0 Å². The minimum Gasteiger partial charge on any atom is -0.497 e. The average molecular weight is 345 g/mol. The lowest BCUT2D eigenvalue weighted by Gasteiger charge is -2.41. The minimum atomic E-state index is -0.449. The third kappa shape index (κ3) is 3.50. The summed E-state index contributed by atoms with van der Waals surface area (Å²) in [7, 11) is 5.84. The molecule has 0 saturated heterocycles. The van der Waals surface area contributed by atoms with Crippen LogP contribution in [0, 0.1) is 0 Å². The quantitative estimate of drug-likeness (QED) is 0.764. The van der Waals surface area contributed by atoms with E-state index in [0.29, 0.717) is 36.6 Å². The smallest absolute Gasteiger partial charge is 0.412 e. The number of fused-ring (bicyclic) bond motifs is 2. The second-order valence-electron chi connectivity index (χ2n) is 6.71. The fourth-order valence-corrected chi connectivity index (χ4v) is 3.73. The van der Waals surface area contributed by atoms with Crippen molar-refractivity contribution in [2.45, 2.75) is 31.8 Å². The first kappa shape index (κ1) is 17.8. The van der Waals surface area contributed by atoms with Gasteiger partial charge in [0.1, 0.15) is 5.76 Å². The number of hydrogen-bond acceptors (Lipinski definition) is 5. The molecular formula is C19H27N3O3. The third-order valence-corrected chi connectivity index (χ3v) is 4.96. The van der Waals surface area contributed by atoms with E-state index < -0.39 is 6.09 Å². The molecule has 2 aliphatic carbocycles. The Kier molecular flexibility index (Phi) is 5.30. The van der Waals surface area contributed by atoms with Gasteiger partial charge >= 0.3 is 6.09 Å². The Morgan fingerprint density at radius 2 is 2.24 bits per heavy atom. The van der Waals surface area contributed by atoms with Gasteiger partial charge < -0.3 is 25.0 Å². The van der Waals surface area contributed by atoms with Gasteiger partial charge in [-0.05, 0) is 50.2 Å². The first-order valence-corrected chi connectivity index (χ1v) is 8.77. The standard InChI is InChI=1S/C19H27N3O3/c1-5-20-19(23)25-17-9-12-11-21-18-13(14(12)10-16(17)24-4)7-6-8-15(18)22(2)3/h6,8-9,15,18,21H,5,7,10-11H2,1-4H3,(H,20,23). The van der Waals surface area contributed by atoms with E-state index in [1.165, 1.54) is 16.7 Å². The summed E-state index contributed by atoms with van der Waals surface area (Å²) in [5.41, 5.74) is 3.91. The van der Waals surface area contributed by atoms with Crippen molar-refractivity contribution in [1.29, 1.82) is 0 Å². The highest BCUT2D eigenvalue weighted by Gasteiger charge is 2.35. The monoisotopic (exact) mass is 345 g/mol. The second kappa shape index (κ2) is 7.45. The van der Waals surface area contributed by atoms with Crippen molar-refractivity contribution < 1.29 is 14.3 Å². The van der Waals surface area contributed by atoms with Gasteiger partial charge in [-0.15, -0.1) is 0 Å². The largest absolute Gasteiger partial charge is 0.497 e. The maximum absolute atomic E-state index is 11.8. The zero-order valence-electron chi connectivity index (χ0n) is 15.4.